The first kappa shape index (κ1) is 19.7. The van der Waals surface area contributed by atoms with Crippen LogP contribution in [0.5, 0.6) is 0 Å². The van der Waals surface area contributed by atoms with Crippen LogP contribution in [0.2, 0.25) is 0 Å². The molecule has 148 valence electrons. The molecule has 0 spiro atoms. The molecule has 1 aliphatic heterocycles. The van der Waals surface area contributed by atoms with Crippen molar-refractivity contribution in [3.05, 3.63) is 35.9 Å². The number of nitrogens with zero attached hydrogens (tertiary/aromatic N) is 5. The fourth-order valence-corrected chi connectivity index (χ4v) is 3.87. The van der Waals surface area contributed by atoms with Gasteiger partial charge in [-0.25, -0.2) is 9.07 Å². The van der Waals surface area contributed by atoms with Crippen molar-refractivity contribution >= 4 is 5.69 Å². The van der Waals surface area contributed by atoms with Gasteiger partial charge in [0.2, 0.25) is 5.82 Å². The number of piperazine rings is 1. The van der Waals surface area contributed by atoms with Crippen LogP contribution < -0.4 is 9.80 Å². The molecule has 1 aromatic heterocycles. The van der Waals surface area contributed by atoms with Crippen LogP contribution in [0.3, 0.4) is 0 Å². The molecule has 1 saturated heterocycles. The van der Waals surface area contributed by atoms with Gasteiger partial charge in [0.1, 0.15) is 5.82 Å². The van der Waals surface area contributed by atoms with Gasteiger partial charge in [-0.1, -0.05) is 13.8 Å². The van der Waals surface area contributed by atoms with Crippen molar-refractivity contribution in [1.82, 2.24) is 20.2 Å². The Labute approximate surface area is 161 Å². The van der Waals surface area contributed by atoms with Crippen molar-refractivity contribution in [1.29, 1.82) is 0 Å². The number of hydrogen-bond donors (Lipinski definition) is 1. The Morgan fingerprint density at radius 3 is 2.30 bits per heavy atom. The summed E-state index contributed by atoms with van der Waals surface area (Å²) in [6.07, 6.45) is 1.06. The van der Waals surface area contributed by atoms with E-state index in [1.807, 2.05) is 16.8 Å². The quantitative estimate of drug-likeness (QED) is 0.869. The average Bonchev–Trinajstić information content (AvgIpc) is 3.10. The molecule has 1 aliphatic rings. The third-order valence-corrected chi connectivity index (χ3v) is 5.24. The predicted octanol–water partition coefficient (Wildman–Crippen LogP) is 2.06. The normalized spacial score (nSPS) is 17.5. The molecule has 7 heteroatoms. The van der Waals surface area contributed by atoms with Crippen LogP contribution in [0.1, 0.15) is 52.9 Å². The molecule has 0 radical (unpaired) electrons. The molecule has 2 heterocycles. The molecule has 27 heavy (non-hydrogen) atoms. The minimum absolute atomic E-state index is 0.135. The summed E-state index contributed by atoms with van der Waals surface area (Å²) >= 11 is 0. The zero-order valence-electron chi connectivity index (χ0n) is 17.1. The van der Waals surface area contributed by atoms with E-state index in [1.165, 1.54) is 17.0 Å². The minimum atomic E-state index is -0.186. The first-order chi connectivity index (χ1) is 12.8. The van der Waals surface area contributed by atoms with E-state index in [1.54, 1.807) is 0 Å². The highest BCUT2D eigenvalue weighted by Crippen LogP contribution is 2.22. The average molecular weight is 376 g/mol. The second kappa shape index (κ2) is 7.92. The SMILES string of the molecule is CC(C)C[C@@H](c1nnnn1C(C)(C)C)[NH+]1CCN(c2ccc(F)cc2)CC1. The molecular formula is C20H32FN6+. The lowest BCUT2D eigenvalue weighted by Gasteiger charge is -2.38. The standard InChI is InChI=1S/C20H31FN6/c1-15(2)14-18(19-22-23-24-27(19)20(3,4)5)26-12-10-25(11-13-26)17-8-6-16(21)7-9-17/h6-9,15,18H,10-14H2,1-5H3/p+1/t18-/m0/s1. The molecule has 0 aliphatic carbocycles. The summed E-state index contributed by atoms with van der Waals surface area (Å²) in [5.41, 5.74) is 0.957. The van der Waals surface area contributed by atoms with Crippen molar-refractivity contribution in [2.75, 3.05) is 31.1 Å². The van der Waals surface area contributed by atoms with Crippen molar-refractivity contribution in [3.63, 3.8) is 0 Å². The Morgan fingerprint density at radius 1 is 1.11 bits per heavy atom. The zero-order valence-corrected chi connectivity index (χ0v) is 17.1. The van der Waals surface area contributed by atoms with Gasteiger partial charge in [-0.3, -0.25) is 0 Å². The Kier molecular flexibility index (Phi) is 5.79. The van der Waals surface area contributed by atoms with Gasteiger partial charge >= 0.3 is 0 Å². The van der Waals surface area contributed by atoms with Crippen LogP contribution in [0.4, 0.5) is 10.1 Å². The second-order valence-corrected chi connectivity index (χ2v) is 8.92. The maximum atomic E-state index is 13.2. The first-order valence-electron chi connectivity index (χ1n) is 9.89. The fraction of sp³-hybridized carbons (Fsp3) is 0.650. The molecule has 3 rings (SSSR count). The number of quaternary nitrogens is 1. The number of hydrogen-bond acceptors (Lipinski definition) is 4. The van der Waals surface area contributed by atoms with Crippen molar-refractivity contribution in [3.8, 4) is 0 Å². The number of tetrazole rings is 1. The number of nitrogens with one attached hydrogen (secondary N) is 1. The number of benzene rings is 1. The number of aromatic nitrogens is 4. The van der Waals surface area contributed by atoms with E-state index >= 15 is 0 Å². The molecule has 1 fully saturated rings. The summed E-state index contributed by atoms with van der Waals surface area (Å²) in [5.74, 6) is 1.37. The maximum absolute atomic E-state index is 13.2. The van der Waals surface area contributed by atoms with Crippen LogP contribution in [0, 0.1) is 11.7 Å². The number of anilines is 1. The number of halogens is 1. The fourth-order valence-electron chi connectivity index (χ4n) is 3.87. The summed E-state index contributed by atoms with van der Waals surface area (Å²) in [4.78, 5) is 3.87. The van der Waals surface area contributed by atoms with Crippen molar-refractivity contribution in [2.24, 2.45) is 5.92 Å². The van der Waals surface area contributed by atoms with Gasteiger partial charge in [0.05, 0.1) is 31.7 Å². The topological polar surface area (TPSA) is 51.3 Å². The lowest BCUT2D eigenvalue weighted by Crippen LogP contribution is -3.15. The molecule has 0 amide bonds. The van der Waals surface area contributed by atoms with E-state index in [4.69, 9.17) is 0 Å². The highest BCUT2D eigenvalue weighted by Gasteiger charge is 2.35. The summed E-state index contributed by atoms with van der Waals surface area (Å²) in [7, 11) is 0. The largest absolute Gasteiger partial charge is 0.360 e. The first-order valence-corrected chi connectivity index (χ1v) is 9.89. The van der Waals surface area contributed by atoms with Gasteiger partial charge in [-0.2, -0.15) is 0 Å². The smallest absolute Gasteiger partial charge is 0.209 e. The minimum Gasteiger partial charge on any atom is -0.360 e. The van der Waals surface area contributed by atoms with Crippen molar-refractivity contribution in [2.45, 2.75) is 52.6 Å². The molecule has 1 N–H and O–H groups in total. The summed E-state index contributed by atoms with van der Waals surface area (Å²) in [6.45, 7) is 14.9. The van der Waals surface area contributed by atoms with Crippen LogP contribution in [-0.4, -0.2) is 46.4 Å². The summed E-state index contributed by atoms with van der Waals surface area (Å²) in [6, 6.07) is 7.09. The van der Waals surface area contributed by atoms with Crippen LogP contribution >= 0.6 is 0 Å². The molecule has 0 saturated carbocycles. The highest BCUT2D eigenvalue weighted by atomic mass is 19.1. The van der Waals surface area contributed by atoms with Gasteiger partial charge in [0.25, 0.3) is 0 Å². The Hall–Kier alpha value is -2.02. The van der Waals surface area contributed by atoms with Crippen LogP contribution in [-0.2, 0) is 5.54 Å². The second-order valence-electron chi connectivity index (χ2n) is 8.92. The Bertz CT molecular complexity index is 726. The van der Waals surface area contributed by atoms with Crippen LogP contribution in [0.15, 0.2) is 24.3 Å². The lowest BCUT2D eigenvalue weighted by atomic mass is 9.99. The molecule has 1 aromatic carbocycles. The Morgan fingerprint density at radius 2 is 1.74 bits per heavy atom. The van der Waals surface area contributed by atoms with Gasteiger partial charge in [0, 0.05) is 12.1 Å². The zero-order chi connectivity index (χ0) is 19.6. The van der Waals surface area contributed by atoms with E-state index in [2.05, 4.69) is 55.0 Å². The Balaban J connectivity index is 1.76. The van der Waals surface area contributed by atoms with Crippen molar-refractivity contribution < 1.29 is 9.29 Å². The molecule has 2 aromatic rings. The van der Waals surface area contributed by atoms with Gasteiger partial charge in [-0.05, 0) is 61.4 Å². The highest BCUT2D eigenvalue weighted by molar-refractivity contribution is 5.46. The molecule has 0 bridgehead atoms. The van der Waals surface area contributed by atoms with Gasteiger partial charge in [0.15, 0.2) is 6.04 Å². The maximum Gasteiger partial charge on any atom is 0.209 e. The summed E-state index contributed by atoms with van der Waals surface area (Å²) in [5, 5.41) is 12.7. The van der Waals surface area contributed by atoms with E-state index in [0.717, 1.165) is 44.1 Å². The van der Waals surface area contributed by atoms with E-state index in [9.17, 15) is 4.39 Å². The molecule has 6 nitrogen and oxygen atoms in total. The molecular weight excluding hydrogens is 343 g/mol. The van der Waals surface area contributed by atoms with E-state index in [0.29, 0.717) is 5.92 Å². The summed E-state index contributed by atoms with van der Waals surface area (Å²) < 4.78 is 15.2. The van der Waals surface area contributed by atoms with E-state index < -0.39 is 0 Å². The molecule has 1 atom stereocenters. The molecule has 0 unspecified atom stereocenters. The predicted molar refractivity (Wildman–Crippen MR) is 104 cm³/mol. The lowest BCUT2D eigenvalue weighted by molar-refractivity contribution is -0.934. The van der Waals surface area contributed by atoms with Crippen LogP contribution in [0.25, 0.3) is 0 Å². The van der Waals surface area contributed by atoms with Gasteiger partial charge in [-0.15, -0.1) is 5.10 Å². The van der Waals surface area contributed by atoms with Gasteiger partial charge < -0.3 is 9.80 Å². The third kappa shape index (κ3) is 4.64. The monoisotopic (exact) mass is 375 g/mol. The van der Waals surface area contributed by atoms with E-state index in [-0.39, 0.29) is 17.4 Å². The third-order valence-electron chi connectivity index (χ3n) is 5.24. The number of rotatable bonds is 5.